The number of fused-ring (bicyclic) bond motifs is 1. The third kappa shape index (κ3) is 10.5. The number of nitrogens with one attached hydrogen (secondary N) is 2. The number of benzene rings is 2. The Kier molecular flexibility index (Phi) is 13.4. The van der Waals surface area contributed by atoms with E-state index < -0.39 is 29.7 Å². The molecular weight excluding hydrogens is 799 g/mol. The standard InChI is InChI=1S/C48H49N9O6/c58-43(18-13-36-5-3-22-49-31-36)50-23-2-1-4-33-20-24-56(25-21-33)48(63)40-15-17-42(53-52-40)55-28-26-54(27-29-55)32-37-10-7-34(8-11-37)6-9-35-12-14-38-39(30-35)47(62)57(46(38)61)41-16-19-44(59)51-45(41)60/h3,5,7-8,10-15,17-18,22,30-31,33,41H,1-2,4,16,19-21,23-29,32H2,(H,50,58)(H,51,59,60)/b18-13+. The quantitative estimate of drug-likeness (QED) is 0.0917. The van der Waals surface area contributed by atoms with Gasteiger partial charge in [0, 0.05) is 88.4 Å². The molecule has 6 heterocycles. The van der Waals surface area contributed by atoms with Crippen molar-refractivity contribution < 1.29 is 28.8 Å². The largest absolute Gasteiger partial charge is 0.353 e. The molecule has 4 aliphatic heterocycles. The van der Waals surface area contributed by atoms with Crippen LogP contribution in [0.25, 0.3) is 6.08 Å². The summed E-state index contributed by atoms with van der Waals surface area (Å²) in [6.07, 6.45) is 11.8. The lowest BCUT2D eigenvalue weighted by Crippen LogP contribution is -2.54. The van der Waals surface area contributed by atoms with Crippen LogP contribution in [0, 0.1) is 17.8 Å². The summed E-state index contributed by atoms with van der Waals surface area (Å²) in [5.41, 5.74) is 4.21. The Morgan fingerprint density at radius 3 is 2.30 bits per heavy atom. The molecule has 0 saturated carbocycles. The maximum Gasteiger partial charge on any atom is 0.274 e. The molecule has 15 nitrogen and oxygen atoms in total. The van der Waals surface area contributed by atoms with E-state index in [1.54, 1.807) is 42.7 Å². The number of likely N-dealkylation sites (tertiary alicyclic amines) is 1. The van der Waals surface area contributed by atoms with Gasteiger partial charge in [-0.25, -0.2) is 0 Å². The number of amides is 6. The van der Waals surface area contributed by atoms with Crippen molar-refractivity contribution in [2.24, 2.45) is 5.92 Å². The molecule has 6 amide bonds. The fourth-order valence-corrected chi connectivity index (χ4v) is 8.45. The van der Waals surface area contributed by atoms with E-state index in [4.69, 9.17) is 0 Å². The molecule has 2 N–H and O–H groups in total. The number of piperazine rings is 1. The molecule has 0 radical (unpaired) electrons. The molecule has 4 aromatic rings. The van der Waals surface area contributed by atoms with Crippen LogP contribution in [0.1, 0.15) is 98.4 Å². The highest BCUT2D eigenvalue weighted by Gasteiger charge is 2.44. The molecule has 3 saturated heterocycles. The van der Waals surface area contributed by atoms with Gasteiger partial charge in [0.1, 0.15) is 6.04 Å². The first-order valence-electron chi connectivity index (χ1n) is 21.6. The Morgan fingerprint density at radius 2 is 1.57 bits per heavy atom. The van der Waals surface area contributed by atoms with E-state index in [0.29, 0.717) is 36.8 Å². The molecule has 8 rings (SSSR count). The van der Waals surface area contributed by atoms with Gasteiger partial charge in [-0.05, 0) is 97.3 Å². The summed E-state index contributed by atoms with van der Waals surface area (Å²) in [7, 11) is 0. The van der Waals surface area contributed by atoms with Gasteiger partial charge in [-0.2, -0.15) is 0 Å². The maximum absolute atomic E-state index is 13.3. The minimum Gasteiger partial charge on any atom is -0.353 e. The van der Waals surface area contributed by atoms with E-state index in [2.05, 4.69) is 59.6 Å². The smallest absolute Gasteiger partial charge is 0.274 e. The van der Waals surface area contributed by atoms with E-state index >= 15 is 0 Å². The first-order valence-corrected chi connectivity index (χ1v) is 21.6. The molecule has 0 spiro atoms. The van der Waals surface area contributed by atoms with E-state index in [-0.39, 0.29) is 35.8 Å². The summed E-state index contributed by atoms with van der Waals surface area (Å²) in [4.78, 5) is 86.9. The van der Waals surface area contributed by atoms with Crippen LogP contribution in [-0.2, 0) is 20.9 Å². The van der Waals surface area contributed by atoms with Crippen molar-refractivity contribution in [3.63, 3.8) is 0 Å². The second kappa shape index (κ2) is 19.8. The minimum absolute atomic E-state index is 0.0654. The normalized spacial score (nSPS) is 18.3. The molecule has 63 heavy (non-hydrogen) atoms. The predicted octanol–water partition coefficient (Wildman–Crippen LogP) is 3.85. The Hall–Kier alpha value is -7.05. The highest BCUT2D eigenvalue weighted by Crippen LogP contribution is 2.29. The highest BCUT2D eigenvalue weighted by molar-refractivity contribution is 6.23. The molecule has 322 valence electrons. The van der Waals surface area contributed by atoms with Gasteiger partial charge in [-0.3, -0.25) is 48.9 Å². The Balaban J connectivity index is 0.733. The van der Waals surface area contributed by atoms with Crippen LogP contribution in [0.5, 0.6) is 0 Å². The van der Waals surface area contributed by atoms with Gasteiger partial charge in [0.25, 0.3) is 17.7 Å². The minimum atomic E-state index is -1.01. The molecule has 15 heteroatoms. The van der Waals surface area contributed by atoms with Crippen LogP contribution >= 0.6 is 0 Å². The Bertz CT molecular complexity index is 2450. The van der Waals surface area contributed by atoms with Crippen LogP contribution in [0.15, 0.2) is 85.2 Å². The fraction of sp³-hybridized carbons (Fsp3) is 0.354. The van der Waals surface area contributed by atoms with E-state index in [1.807, 2.05) is 35.2 Å². The summed E-state index contributed by atoms with van der Waals surface area (Å²) in [5.74, 6) is 5.22. The van der Waals surface area contributed by atoms with Crippen molar-refractivity contribution in [2.45, 2.75) is 57.5 Å². The number of aromatic nitrogens is 3. The number of unbranched alkanes of at least 4 members (excludes halogenated alkanes) is 1. The van der Waals surface area contributed by atoms with Gasteiger partial charge in [0.2, 0.25) is 17.7 Å². The topological polar surface area (TPSA) is 178 Å². The number of anilines is 1. The molecule has 0 bridgehead atoms. The zero-order valence-corrected chi connectivity index (χ0v) is 35.0. The second-order valence-corrected chi connectivity index (χ2v) is 16.3. The van der Waals surface area contributed by atoms with Crippen molar-refractivity contribution in [2.75, 3.05) is 50.7 Å². The van der Waals surface area contributed by atoms with Crippen molar-refractivity contribution in [3.05, 3.63) is 124 Å². The molecular formula is C48H49N9O6. The lowest BCUT2D eigenvalue weighted by molar-refractivity contribution is -0.136. The molecule has 3 fully saturated rings. The summed E-state index contributed by atoms with van der Waals surface area (Å²) in [6, 6.07) is 19.3. The molecule has 2 aromatic heterocycles. The average molecular weight is 848 g/mol. The lowest BCUT2D eigenvalue weighted by atomic mass is 9.91. The van der Waals surface area contributed by atoms with E-state index in [0.717, 1.165) is 92.2 Å². The summed E-state index contributed by atoms with van der Waals surface area (Å²) >= 11 is 0. The van der Waals surface area contributed by atoms with Gasteiger partial charge in [0.15, 0.2) is 11.5 Å². The first-order chi connectivity index (χ1) is 30.7. The number of imide groups is 2. The monoisotopic (exact) mass is 847 g/mol. The summed E-state index contributed by atoms with van der Waals surface area (Å²) < 4.78 is 0. The number of rotatable bonds is 12. The van der Waals surface area contributed by atoms with Gasteiger partial charge in [0.05, 0.1) is 11.1 Å². The van der Waals surface area contributed by atoms with Crippen molar-refractivity contribution in [1.29, 1.82) is 0 Å². The number of hydrogen-bond acceptors (Lipinski definition) is 11. The van der Waals surface area contributed by atoms with Crippen LogP contribution in [0.2, 0.25) is 0 Å². The Labute approximate surface area is 365 Å². The zero-order chi connectivity index (χ0) is 43.7. The third-order valence-corrected chi connectivity index (χ3v) is 12.1. The zero-order valence-electron chi connectivity index (χ0n) is 35.0. The van der Waals surface area contributed by atoms with Crippen LogP contribution in [0.4, 0.5) is 5.82 Å². The van der Waals surface area contributed by atoms with E-state index in [9.17, 15) is 28.8 Å². The highest BCUT2D eigenvalue weighted by atomic mass is 16.2. The van der Waals surface area contributed by atoms with Crippen molar-refractivity contribution >= 4 is 47.3 Å². The maximum atomic E-state index is 13.3. The lowest BCUT2D eigenvalue weighted by Gasteiger charge is -2.35. The second-order valence-electron chi connectivity index (χ2n) is 16.3. The van der Waals surface area contributed by atoms with Crippen LogP contribution in [0.3, 0.4) is 0 Å². The fourth-order valence-electron chi connectivity index (χ4n) is 8.45. The van der Waals surface area contributed by atoms with Crippen LogP contribution < -0.4 is 15.5 Å². The molecule has 1 unspecified atom stereocenters. The molecule has 1 atom stereocenters. The number of carbonyl (C=O) groups is 6. The SMILES string of the molecule is O=C(/C=C/c1cccnc1)NCCCCC1CCN(C(=O)c2ccc(N3CCN(Cc4ccc(C#Cc5ccc6c(c5)C(=O)N(C5CCC(=O)NC5=O)C6=O)cc4)CC3)nn2)CC1. The van der Waals surface area contributed by atoms with Crippen LogP contribution in [-0.4, -0.2) is 117 Å². The van der Waals surface area contributed by atoms with Crippen molar-refractivity contribution in [1.82, 2.24) is 40.5 Å². The average Bonchev–Trinajstić information content (AvgIpc) is 3.56. The van der Waals surface area contributed by atoms with Crippen molar-refractivity contribution in [3.8, 4) is 11.8 Å². The Morgan fingerprint density at radius 1 is 0.810 bits per heavy atom. The van der Waals surface area contributed by atoms with Gasteiger partial charge >= 0.3 is 0 Å². The van der Waals surface area contributed by atoms with Gasteiger partial charge in [-0.15, -0.1) is 10.2 Å². The number of piperidine rings is 2. The third-order valence-electron chi connectivity index (χ3n) is 12.1. The molecule has 0 aliphatic carbocycles. The van der Waals surface area contributed by atoms with Gasteiger partial charge < -0.3 is 15.1 Å². The number of pyridine rings is 1. The number of carbonyl (C=O) groups excluding carboxylic acids is 6. The first kappa shape index (κ1) is 42.6. The van der Waals surface area contributed by atoms with Gasteiger partial charge in [-0.1, -0.05) is 42.9 Å². The summed E-state index contributed by atoms with van der Waals surface area (Å²) in [6.45, 7) is 6.10. The number of hydrogen-bond donors (Lipinski definition) is 2. The van der Waals surface area contributed by atoms with E-state index in [1.165, 1.54) is 6.08 Å². The predicted molar refractivity (Wildman–Crippen MR) is 234 cm³/mol. The summed E-state index contributed by atoms with van der Waals surface area (Å²) in [5, 5.41) is 13.9. The number of nitrogens with zero attached hydrogens (tertiary/aromatic N) is 7. The molecule has 4 aliphatic rings. The molecule has 2 aromatic carbocycles.